The molecule has 1 aromatic carbocycles. The van der Waals surface area contributed by atoms with Crippen molar-refractivity contribution in [1.82, 2.24) is 9.46 Å². The molecule has 31 heavy (non-hydrogen) atoms. The number of piperidine rings is 1. The van der Waals surface area contributed by atoms with Crippen molar-refractivity contribution in [1.29, 1.82) is 0 Å². The Morgan fingerprint density at radius 2 is 1.77 bits per heavy atom. The third-order valence-electron chi connectivity index (χ3n) is 5.81. The van der Waals surface area contributed by atoms with E-state index in [0.29, 0.717) is 24.1 Å². The van der Waals surface area contributed by atoms with Gasteiger partial charge in [0.2, 0.25) is 15.8 Å². The van der Waals surface area contributed by atoms with E-state index in [1.54, 1.807) is 32.9 Å². The number of carbonyl (C=O) groups is 2. The Bertz CT molecular complexity index is 1080. The predicted octanol–water partition coefficient (Wildman–Crippen LogP) is 3.12. The molecule has 1 atom stereocenters. The first-order chi connectivity index (χ1) is 14.5. The Labute approximate surface area is 182 Å². The van der Waals surface area contributed by atoms with E-state index in [-0.39, 0.29) is 29.5 Å². The minimum Gasteiger partial charge on any atom is -0.454 e. The van der Waals surface area contributed by atoms with Gasteiger partial charge in [-0.25, -0.2) is 8.42 Å². The van der Waals surface area contributed by atoms with Crippen molar-refractivity contribution in [2.45, 2.75) is 58.5 Å². The zero-order valence-electron chi connectivity index (χ0n) is 18.5. The second-order valence-electron chi connectivity index (χ2n) is 8.07. The number of sulfonamides is 1. The molecule has 2 heterocycles. The van der Waals surface area contributed by atoms with Gasteiger partial charge < -0.3 is 9.26 Å². The zero-order chi connectivity index (χ0) is 22.9. The topological polar surface area (TPSA) is 107 Å². The molecule has 168 valence electrons. The van der Waals surface area contributed by atoms with Crippen LogP contribution in [0.1, 0.15) is 52.7 Å². The Hall–Kier alpha value is -2.52. The molecular weight excluding hydrogens is 420 g/mol. The van der Waals surface area contributed by atoms with Crippen molar-refractivity contribution in [3.05, 3.63) is 46.3 Å². The first-order valence-electron chi connectivity index (χ1n) is 10.3. The number of nitrogens with zero attached hydrogens (tertiary/aromatic N) is 2. The number of esters is 1. The number of hydrogen-bond donors (Lipinski definition) is 0. The monoisotopic (exact) mass is 448 g/mol. The van der Waals surface area contributed by atoms with Gasteiger partial charge in [0.25, 0.3) is 0 Å². The first kappa shape index (κ1) is 23.1. The van der Waals surface area contributed by atoms with Crippen molar-refractivity contribution in [2.24, 2.45) is 5.92 Å². The quantitative estimate of drug-likeness (QED) is 0.494. The molecule has 0 spiro atoms. The number of Topliss-reactive ketones (excluding diaryl/α,β-unsaturated/α-hetero) is 1. The van der Waals surface area contributed by atoms with Crippen LogP contribution in [0.2, 0.25) is 0 Å². The average Bonchev–Trinajstić information content (AvgIpc) is 3.08. The Morgan fingerprint density at radius 3 is 2.32 bits per heavy atom. The standard InChI is InChI=1S/C22H28N2O6S/c1-13-6-7-19(12-14(13)2)20(25)16(4)29-22(26)18-8-10-24(11-9-18)31(27,28)21-15(3)23-30-17(21)5/h6-7,12,16,18H,8-11H2,1-5H3. The third kappa shape index (κ3) is 4.72. The molecule has 1 aliphatic rings. The SMILES string of the molecule is Cc1ccc(C(=O)C(C)OC(=O)C2CCN(S(=O)(=O)c3c(C)noc3C)CC2)cc1C. The van der Waals surface area contributed by atoms with Crippen molar-refractivity contribution >= 4 is 21.8 Å². The minimum absolute atomic E-state index is 0.0844. The van der Waals surface area contributed by atoms with E-state index in [1.807, 2.05) is 19.9 Å². The Balaban J connectivity index is 1.60. The predicted molar refractivity (Wildman–Crippen MR) is 113 cm³/mol. The van der Waals surface area contributed by atoms with Crippen LogP contribution in [-0.4, -0.2) is 48.8 Å². The Morgan fingerprint density at radius 1 is 1.13 bits per heavy atom. The smallest absolute Gasteiger partial charge is 0.309 e. The normalized spacial score (nSPS) is 16.8. The van der Waals surface area contributed by atoms with Crippen LogP contribution in [-0.2, 0) is 19.6 Å². The van der Waals surface area contributed by atoms with Gasteiger partial charge in [-0.1, -0.05) is 17.3 Å². The third-order valence-corrected chi connectivity index (χ3v) is 7.95. The summed E-state index contributed by atoms with van der Waals surface area (Å²) in [7, 11) is -3.74. The molecule has 9 heteroatoms. The van der Waals surface area contributed by atoms with Crippen molar-refractivity contribution in [2.75, 3.05) is 13.1 Å². The molecule has 0 bridgehead atoms. The molecule has 0 N–H and O–H groups in total. The van der Waals surface area contributed by atoms with Crippen LogP contribution in [0.4, 0.5) is 0 Å². The fourth-order valence-electron chi connectivity index (χ4n) is 3.76. The molecule has 1 aliphatic heterocycles. The van der Waals surface area contributed by atoms with E-state index in [4.69, 9.17) is 9.26 Å². The summed E-state index contributed by atoms with van der Waals surface area (Å²) in [4.78, 5) is 25.3. The first-order valence-corrected chi connectivity index (χ1v) is 11.7. The number of rotatable bonds is 6. The van der Waals surface area contributed by atoms with Crippen molar-refractivity contribution in [3.8, 4) is 0 Å². The largest absolute Gasteiger partial charge is 0.454 e. The highest BCUT2D eigenvalue weighted by Gasteiger charge is 2.36. The summed E-state index contributed by atoms with van der Waals surface area (Å²) in [6, 6.07) is 5.39. The molecule has 0 radical (unpaired) electrons. The fraction of sp³-hybridized carbons (Fsp3) is 0.500. The average molecular weight is 449 g/mol. The summed E-state index contributed by atoms with van der Waals surface area (Å²) in [5.74, 6) is -0.933. The summed E-state index contributed by atoms with van der Waals surface area (Å²) in [6.07, 6.45) is -0.253. The van der Waals surface area contributed by atoms with Crippen LogP contribution >= 0.6 is 0 Å². The van der Waals surface area contributed by atoms with Crippen LogP contribution < -0.4 is 0 Å². The van der Waals surface area contributed by atoms with E-state index >= 15 is 0 Å². The van der Waals surface area contributed by atoms with Crippen molar-refractivity contribution < 1.29 is 27.3 Å². The molecule has 2 aromatic rings. The van der Waals surface area contributed by atoms with Crippen LogP contribution in [0.5, 0.6) is 0 Å². The fourth-order valence-corrected chi connectivity index (χ4v) is 5.52. The number of ether oxygens (including phenoxy) is 1. The van der Waals surface area contributed by atoms with Gasteiger partial charge in [0.15, 0.2) is 11.9 Å². The highest BCUT2D eigenvalue weighted by Crippen LogP contribution is 2.28. The summed E-state index contributed by atoms with van der Waals surface area (Å²) in [5.41, 5.74) is 2.90. The molecule has 1 fully saturated rings. The Kier molecular flexibility index (Phi) is 6.66. The lowest BCUT2D eigenvalue weighted by molar-refractivity contribution is -0.152. The molecule has 1 unspecified atom stereocenters. The molecule has 3 rings (SSSR count). The molecule has 1 aromatic heterocycles. The number of aryl methyl sites for hydroxylation is 4. The van der Waals surface area contributed by atoms with Gasteiger partial charge in [0, 0.05) is 18.7 Å². The molecule has 8 nitrogen and oxygen atoms in total. The van der Waals surface area contributed by atoms with E-state index < -0.39 is 28.0 Å². The lowest BCUT2D eigenvalue weighted by atomic mass is 9.98. The highest BCUT2D eigenvalue weighted by atomic mass is 32.2. The zero-order valence-corrected chi connectivity index (χ0v) is 19.3. The van der Waals surface area contributed by atoms with Gasteiger partial charge in [-0.2, -0.15) is 4.31 Å². The van der Waals surface area contributed by atoms with Gasteiger partial charge in [0.1, 0.15) is 10.6 Å². The summed E-state index contributed by atoms with van der Waals surface area (Å²) < 4.78 is 37.6. The van der Waals surface area contributed by atoms with Crippen LogP contribution in [0.25, 0.3) is 0 Å². The van der Waals surface area contributed by atoms with E-state index in [1.165, 1.54) is 4.31 Å². The van der Waals surface area contributed by atoms with E-state index in [0.717, 1.165) is 11.1 Å². The summed E-state index contributed by atoms with van der Waals surface area (Å²) in [6.45, 7) is 8.97. The lowest BCUT2D eigenvalue weighted by Gasteiger charge is -2.30. The van der Waals surface area contributed by atoms with Gasteiger partial charge >= 0.3 is 5.97 Å². The number of carbonyl (C=O) groups excluding carboxylic acids is 2. The van der Waals surface area contributed by atoms with E-state index in [9.17, 15) is 18.0 Å². The second kappa shape index (κ2) is 8.92. The minimum atomic E-state index is -3.74. The molecule has 0 amide bonds. The summed E-state index contributed by atoms with van der Waals surface area (Å²) in [5, 5.41) is 3.72. The van der Waals surface area contributed by atoms with Crippen LogP contribution in [0.3, 0.4) is 0 Å². The number of ketones is 1. The van der Waals surface area contributed by atoms with Crippen LogP contribution in [0, 0.1) is 33.6 Å². The van der Waals surface area contributed by atoms with E-state index in [2.05, 4.69) is 5.16 Å². The maximum absolute atomic E-state index is 12.9. The van der Waals surface area contributed by atoms with Gasteiger partial charge in [-0.3, -0.25) is 9.59 Å². The molecule has 0 aliphatic carbocycles. The van der Waals surface area contributed by atoms with Gasteiger partial charge in [0.05, 0.1) is 5.92 Å². The van der Waals surface area contributed by atoms with Crippen LogP contribution in [0.15, 0.2) is 27.6 Å². The number of aromatic nitrogens is 1. The maximum atomic E-state index is 12.9. The maximum Gasteiger partial charge on any atom is 0.309 e. The number of benzene rings is 1. The second-order valence-corrected chi connectivity index (χ2v) is 9.95. The van der Waals surface area contributed by atoms with Gasteiger partial charge in [-0.05, 0) is 64.7 Å². The molecular formula is C22H28N2O6S. The number of hydrogen-bond acceptors (Lipinski definition) is 7. The molecule has 0 saturated carbocycles. The van der Waals surface area contributed by atoms with Gasteiger partial charge in [-0.15, -0.1) is 0 Å². The molecule has 1 saturated heterocycles. The lowest BCUT2D eigenvalue weighted by Crippen LogP contribution is -2.41. The van der Waals surface area contributed by atoms with Crippen molar-refractivity contribution in [3.63, 3.8) is 0 Å². The summed E-state index contributed by atoms with van der Waals surface area (Å²) >= 11 is 0. The highest BCUT2D eigenvalue weighted by molar-refractivity contribution is 7.89.